The SMILES string of the molecule is Cc1ccc(C2=NN3[C@H](C2)c2ccccc2O[C@@H]3c2ccc(OC(=O)c3ccc(Br)cc3)cc2)cc1. The van der Waals surface area contributed by atoms with E-state index in [0.717, 1.165) is 39.0 Å². The molecule has 6 heteroatoms. The second kappa shape index (κ2) is 9.28. The summed E-state index contributed by atoms with van der Waals surface area (Å²) in [6.07, 6.45) is 0.423. The molecular formula is C30H23BrN2O3. The first-order valence-corrected chi connectivity index (χ1v) is 12.6. The van der Waals surface area contributed by atoms with Gasteiger partial charge in [-0.15, -0.1) is 0 Å². The highest BCUT2D eigenvalue weighted by Crippen LogP contribution is 2.47. The summed E-state index contributed by atoms with van der Waals surface area (Å²) in [7, 11) is 0. The number of benzene rings is 4. The first kappa shape index (κ1) is 22.6. The van der Waals surface area contributed by atoms with Gasteiger partial charge >= 0.3 is 5.97 Å². The number of hydrazone groups is 1. The smallest absolute Gasteiger partial charge is 0.343 e. The minimum absolute atomic E-state index is 0.0890. The van der Waals surface area contributed by atoms with E-state index in [1.807, 2.05) is 42.5 Å². The van der Waals surface area contributed by atoms with Gasteiger partial charge in [-0.2, -0.15) is 5.10 Å². The van der Waals surface area contributed by atoms with E-state index in [1.165, 1.54) is 5.56 Å². The van der Waals surface area contributed by atoms with Crippen molar-refractivity contribution in [1.29, 1.82) is 0 Å². The summed E-state index contributed by atoms with van der Waals surface area (Å²) in [5.41, 5.74) is 5.97. The van der Waals surface area contributed by atoms with Gasteiger partial charge in [0.25, 0.3) is 0 Å². The maximum absolute atomic E-state index is 12.5. The highest BCUT2D eigenvalue weighted by Gasteiger charge is 2.40. The third-order valence-corrected chi connectivity index (χ3v) is 7.07. The first-order chi connectivity index (χ1) is 17.5. The Morgan fingerprint density at radius 3 is 2.42 bits per heavy atom. The van der Waals surface area contributed by atoms with Gasteiger partial charge in [0, 0.05) is 22.0 Å². The summed E-state index contributed by atoms with van der Waals surface area (Å²) in [4.78, 5) is 12.5. The molecule has 36 heavy (non-hydrogen) atoms. The fourth-order valence-corrected chi connectivity index (χ4v) is 4.89. The van der Waals surface area contributed by atoms with Crippen molar-refractivity contribution in [3.63, 3.8) is 0 Å². The van der Waals surface area contributed by atoms with Crippen molar-refractivity contribution >= 4 is 27.6 Å². The molecule has 4 aromatic rings. The Bertz CT molecular complexity index is 1450. The van der Waals surface area contributed by atoms with Crippen molar-refractivity contribution < 1.29 is 14.3 Å². The van der Waals surface area contributed by atoms with Crippen molar-refractivity contribution in [2.45, 2.75) is 25.6 Å². The zero-order valence-corrected chi connectivity index (χ0v) is 21.2. The fraction of sp³-hybridized carbons (Fsp3) is 0.133. The van der Waals surface area contributed by atoms with Crippen molar-refractivity contribution in [3.05, 3.63) is 129 Å². The number of hydrogen-bond acceptors (Lipinski definition) is 5. The van der Waals surface area contributed by atoms with Crippen LogP contribution >= 0.6 is 15.9 Å². The molecule has 6 rings (SSSR count). The molecule has 0 fully saturated rings. The zero-order valence-electron chi connectivity index (χ0n) is 19.6. The molecule has 2 aliphatic rings. The first-order valence-electron chi connectivity index (χ1n) is 11.8. The number of ether oxygens (including phenoxy) is 2. The topological polar surface area (TPSA) is 51.1 Å². The molecule has 0 aromatic heterocycles. The van der Waals surface area contributed by atoms with Crippen LogP contribution in [-0.2, 0) is 0 Å². The molecule has 0 saturated carbocycles. The highest BCUT2D eigenvalue weighted by atomic mass is 79.9. The minimum atomic E-state index is -0.398. The third-order valence-electron chi connectivity index (χ3n) is 6.54. The molecule has 178 valence electrons. The Labute approximate surface area is 218 Å². The average molecular weight is 539 g/mol. The van der Waals surface area contributed by atoms with Gasteiger partial charge in [-0.25, -0.2) is 9.80 Å². The highest BCUT2D eigenvalue weighted by molar-refractivity contribution is 9.10. The van der Waals surface area contributed by atoms with E-state index in [4.69, 9.17) is 14.6 Å². The van der Waals surface area contributed by atoms with Gasteiger partial charge in [0.2, 0.25) is 6.23 Å². The van der Waals surface area contributed by atoms with Crippen LogP contribution in [-0.4, -0.2) is 16.7 Å². The Morgan fingerprint density at radius 1 is 0.944 bits per heavy atom. The summed E-state index contributed by atoms with van der Waals surface area (Å²) in [6.45, 7) is 2.09. The Morgan fingerprint density at radius 2 is 1.67 bits per heavy atom. The number of hydrogen-bond donors (Lipinski definition) is 0. The Balaban J connectivity index is 1.28. The van der Waals surface area contributed by atoms with Crippen LogP contribution in [0.5, 0.6) is 11.5 Å². The predicted octanol–water partition coefficient (Wildman–Crippen LogP) is 7.22. The number of carbonyl (C=O) groups excluding carboxylic acids is 1. The number of aryl methyl sites for hydroxylation is 1. The van der Waals surface area contributed by atoms with Gasteiger partial charge in [-0.1, -0.05) is 64.0 Å². The molecule has 2 aliphatic heterocycles. The molecule has 0 N–H and O–H groups in total. The largest absolute Gasteiger partial charge is 0.464 e. The molecule has 2 heterocycles. The van der Waals surface area contributed by atoms with E-state index >= 15 is 0 Å². The van der Waals surface area contributed by atoms with Crippen LogP contribution in [0.1, 0.15) is 51.3 Å². The molecule has 0 radical (unpaired) electrons. The zero-order chi connectivity index (χ0) is 24.6. The van der Waals surface area contributed by atoms with Crippen LogP contribution in [0.25, 0.3) is 0 Å². The van der Waals surface area contributed by atoms with E-state index in [9.17, 15) is 4.79 Å². The molecule has 0 amide bonds. The molecule has 0 spiro atoms. The van der Waals surface area contributed by atoms with Crippen molar-refractivity contribution in [2.24, 2.45) is 5.10 Å². The van der Waals surface area contributed by atoms with E-state index in [0.29, 0.717) is 11.3 Å². The number of carbonyl (C=O) groups is 1. The van der Waals surface area contributed by atoms with Crippen LogP contribution < -0.4 is 9.47 Å². The quantitative estimate of drug-likeness (QED) is 0.203. The minimum Gasteiger partial charge on any atom is -0.464 e. The third kappa shape index (κ3) is 4.29. The second-order valence-corrected chi connectivity index (χ2v) is 9.90. The van der Waals surface area contributed by atoms with Gasteiger partial charge < -0.3 is 9.47 Å². The lowest BCUT2D eigenvalue weighted by Gasteiger charge is -2.38. The summed E-state index contributed by atoms with van der Waals surface area (Å²) in [5, 5.41) is 7.08. The molecule has 5 nitrogen and oxygen atoms in total. The van der Waals surface area contributed by atoms with E-state index in [2.05, 4.69) is 58.2 Å². The van der Waals surface area contributed by atoms with E-state index in [-0.39, 0.29) is 12.3 Å². The van der Waals surface area contributed by atoms with Crippen molar-refractivity contribution in [3.8, 4) is 11.5 Å². The predicted molar refractivity (Wildman–Crippen MR) is 142 cm³/mol. The van der Waals surface area contributed by atoms with Crippen molar-refractivity contribution in [1.82, 2.24) is 5.01 Å². The second-order valence-electron chi connectivity index (χ2n) is 8.99. The van der Waals surface area contributed by atoms with Gasteiger partial charge in [-0.05, 0) is 67.1 Å². The Kier molecular flexibility index (Phi) is 5.82. The number of fused-ring (bicyclic) bond motifs is 3. The molecule has 2 atom stereocenters. The maximum atomic E-state index is 12.5. The van der Waals surface area contributed by atoms with Crippen LogP contribution in [0, 0.1) is 6.92 Å². The van der Waals surface area contributed by atoms with E-state index in [1.54, 1.807) is 24.3 Å². The van der Waals surface area contributed by atoms with Gasteiger partial charge in [0.15, 0.2) is 0 Å². The van der Waals surface area contributed by atoms with E-state index < -0.39 is 5.97 Å². The van der Waals surface area contributed by atoms with Crippen LogP contribution in [0.4, 0.5) is 0 Å². The molecule has 4 aromatic carbocycles. The molecule has 0 aliphatic carbocycles. The summed E-state index contributed by atoms with van der Waals surface area (Å²) in [5.74, 6) is 0.949. The lowest BCUT2D eigenvalue weighted by molar-refractivity contribution is -0.0190. The maximum Gasteiger partial charge on any atom is 0.343 e. The summed E-state index contributed by atoms with van der Waals surface area (Å²) < 4.78 is 12.9. The van der Waals surface area contributed by atoms with Crippen LogP contribution in [0.15, 0.2) is 107 Å². The number of nitrogens with zero attached hydrogens (tertiary/aromatic N) is 2. The number of esters is 1. The Hall–Kier alpha value is -3.90. The number of para-hydroxylation sites is 1. The van der Waals surface area contributed by atoms with Gasteiger partial charge in [0.05, 0.1) is 17.3 Å². The number of halogens is 1. The van der Waals surface area contributed by atoms with Crippen LogP contribution in [0.3, 0.4) is 0 Å². The molecule has 0 bridgehead atoms. The van der Waals surface area contributed by atoms with Crippen molar-refractivity contribution in [2.75, 3.05) is 0 Å². The molecular weight excluding hydrogens is 516 g/mol. The summed E-state index contributed by atoms with van der Waals surface area (Å²) >= 11 is 3.38. The summed E-state index contributed by atoms with van der Waals surface area (Å²) in [6, 6.07) is 31.3. The van der Waals surface area contributed by atoms with Crippen LogP contribution in [0.2, 0.25) is 0 Å². The standard InChI is InChI=1S/C30H23BrN2O3/c1-19-6-8-20(9-7-19)26-18-27-25-4-2-3-5-28(25)36-29(33(27)32-26)21-12-16-24(17-13-21)35-30(34)22-10-14-23(31)15-11-22/h2-17,27,29H,18H2,1H3/t27-,29-/m1/s1. The molecule has 0 unspecified atom stereocenters. The lowest BCUT2D eigenvalue weighted by Crippen LogP contribution is -2.33. The number of rotatable bonds is 4. The molecule has 0 saturated heterocycles. The monoisotopic (exact) mass is 538 g/mol. The van der Waals surface area contributed by atoms with Gasteiger partial charge in [-0.3, -0.25) is 0 Å². The fourth-order valence-electron chi connectivity index (χ4n) is 4.63. The average Bonchev–Trinajstić information content (AvgIpc) is 3.35. The lowest BCUT2D eigenvalue weighted by atomic mass is 9.95. The van der Waals surface area contributed by atoms with Gasteiger partial charge in [0.1, 0.15) is 11.5 Å². The normalized spacial score (nSPS) is 18.1.